The number of fused-ring (bicyclic) bond motifs is 6. The molecule has 0 saturated heterocycles. The van der Waals surface area contributed by atoms with Gasteiger partial charge >= 0.3 is 0 Å². The molecule has 0 saturated carbocycles. The van der Waals surface area contributed by atoms with Gasteiger partial charge in [0.1, 0.15) is 0 Å². The van der Waals surface area contributed by atoms with Crippen LogP contribution in [0.5, 0.6) is 0 Å². The first-order chi connectivity index (χ1) is 16.1. The topological polar surface area (TPSA) is 3.24 Å². The summed E-state index contributed by atoms with van der Waals surface area (Å²) in [6.07, 6.45) is 0. The van der Waals surface area contributed by atoms with Crippen molar-refractivity contribution in [2.45, 2.75) is 52.4 Å². The minimum absolute atomic E-state index is 0.00691. The number of anilines is 2. The molecule has 0 spiro atoms. The third-order valence-corrected chi connectivity index (χ3v) is 8.40. The number of hydrogen-bond acceptors (Lipinski definition) is 1. The fourth-order valence-corrected chi connectivity index (χ4v) is 6.24. The molecule has 0 aromatic heterocycles. The number of aryl methyl sites for hydroxylation is 2. The molecule has 170 valence electrons. The van der Waals surface area contributed by atoms with E-state index >= 15 is 0 Å². The third kappa shape index (κ3) is 2.79. The fourth-order valence-electron chi connectivity index (χ4n) is 6.24. The van der Waals surface area contributed by atoms with Gasteiger partial charge in [-0.05, 0) is 82.6 Å². The quantitative estimate of drug-likeness (QED) is 0.299. The van der Waals surface area contributed by atoms with E-state index in [1.54, 1.807) is 0 Å². The first-order valence-corrected chi connectivity index (χ1v) is 12.3. The number of hydrogen-bond donors (Lipinski definition) is 0. The number of nitrogens with zero attached hydrogens (tertiary/aromatic N) is 1. The molecule has 6 rings (SSSR count). The van der Waals surface area contributed by atoms with Gasteiger partial charge in [0.25, 0.3) is 0 Å². The van der Waals surface area contributed by atoms with E-state index in [1.807, 2.05) is 0 Å². The molecule has 0 N–H and O–H groups in total. The van der Waals surface area contributed by atoms with Gasteiger partial charge in [-0.25, -0.2) is 0 Å². The molecule has 4 aromatic rings. The van der Waals surface area contributed by atoms with Crippen LogP contribution in [0.2, 0.25) is 0 Å². The molecule has 0 amide bonds. The zero-order chi connectivity index (χ0) is 24.0. The zero-order valence-corrected chi connectivity index (χ0v) is 21.4. The molecular formula is C33H33N. The third-order valence-electron chi connectivity index (χ3n) is 8.40. The Morgan fingerprint density at radius 2 is 0.794 bits per heavy atom. The van der Waals surface area contributed by atoms with Crippen molar-refractivity contribution in [3.8, 4) is 22.3 Å². The maximum atomic E-state index is 2.40. The Kier molecular flexibility index (Phi) is 4.28. The van der Waals surface area contributed by atoms with Gasteiger partial charge in [0.2, 0.25) is 0 Å². The van der Waals surface area contributed by atoms with Crippen LogP contribution in [0, 0.1) is 13.8 Å². The minimum atomic E-state index is 0.00691. The summed E-state index contributed by atoms with van der Waals surface area (Å²) < 4.78 is 0. The van der Waals surface area contributed by atoms with Crippen molar-refractivity contribution < 1.29 is 0 Å². The van der Waals surface area contributed by atoms with Crippen LogP contribution >= 0.6 is 0 Å². The van der Waals surface area contributed by atoms with E-state index in [2.05, 4.69) is 126 Å². The van der Waals surface area contributed by atoms with Gasteiger partial charge in [-0.15, -0.1) is 0 Å². The van der Waals surface area contributed by atoms with E-state index in [-0.39, 0.29) is 10.8 Å². The lowest BCUT2D eigenvalue weighted by Gasteiger charge is -2.27. The largest absolute Gasteiger partial charge is 0.345 e. The summed E-state index contributed by atoms with van der Waals surface area (Å²) >= 11 is 0. The van der Waals surface area contributed by atoms with Crippen molar-refractivity contribution in [1.29, 1.82) is 0 Å². The summed E-state index contributed by atoms with van der Waals surface area (Å²) in [6.45, 7) is 13.8. The molecule has 2 aliphatic rings. The molecule has 1 heteroatoms. The zero-order valence-electron chi connectivity index (χ0n) is 21.4. The van der Waals surface area contributed by atoms with Crippen LogP contribution in [0.4, 0.5) is 11.4 Å². The number of rotatable bonds is 2. The molecule has 2 aliphatic carbocycles. The van der Waals surface area contributed by atoms with Crippen molar-refractivity contribution in [3.05, 3.63) is 106 Å². The predicted octanol–water partition coefficient (Wildman–Crippen LogP) is 8.68. The van der Waals surface area contributed by atoms with Crippen LogP contribution in [-0.4, -0.2) is 7.05 Å². The Morgan fingerprint density at radius 1 is 0.471 bits per heavy atom. The predicted molar refractivity (Wildman–Crippen MR) is 146 cm³/mol. The van der Waals surface area contributed by atoms with Crippen molar-refractivity contribution in [3.63, 3.8) is 0 Å². The molecule has 4 aromatic carbocycles. The van der Waals surface area contributed by atoms with Gasteiger partial charge in [-0.1, -0.05) is 87.4 Å². The smallest absolute Gasteiger partial charge is 0.0411 e. The first-order valence-electron chi connectivity index (χ1n) is 12.3. The SMILES string of the molecule is Cc1ccc2c(c1)C(C)(C)c1cc(N(C)c3ccc4c(c3)C(C)(C)c3cc(C)ccc3-4)ccc1-2. The second kappa shape index (κ2) is 6.85. The lowest BCUT2D eigenvalue weighted by atomic mass is 9.81. The molecule has 0 atom stereocenters. The molecule has 1 nitrogen and oxygen atoms in total. The Bertz CT molecular complexity index is 1370. The van der Waals surface area contributed by atoms with Gasteiger partial charge in [-0.3, -0.25) is 0 Å². The van der Waals surface area contributed by atoms with Crippen molar-refractivity contribution >= 4 is 11.4 Å². The summed E-state index contributed by atoms with van der Waals surface area (Å²) in [5.74, 6) is 0. The summed E-state index contributed by atoms with van der Waals surface area (Å²) in [5, 5.41) is 0. The van der Waals surface area contributed by atoms with E-state index in [9.17, 15) is 0 Å². The van der Waals surface area contributed by atoms with Crippen LogP contribution in [0.3, 0.4) is 0 Å². The van der Waals surface area contributed by atoms with Crippen molar-refractivity contribution in [1.82, 2.24) is 0 Å². The molecule has 0 radical (unpaired) electrons. The molecule has 0 bridgehead atoms. The molecule has 0 fully saturated rings. The highest BCUT2D eigenvalue weighted by atomic mass is 15.1. The molecule has 0 aliphatic heterocycles. The van der Waals surface area contributed by atoms with E-state index in [0.717, 1.165) is 0 Å². The van der Waals surface area contributed by atoms with E-state index < -0.39 is 0 Å². The normalized spacial score (nSPS) is 16.0. The standard InChI is InChI=1S/C33H33N/c1-20-8-12-24-26-14-10-22(18-30(26)32(3,4)28(24)16-20)34(7)23-11-15-27-25-13-9-21(2)17-29(25)33(5,6)31(27)19-23/h8-19H,1-7H3. The van der Waals surface area contributed by atoms with E-state index in [1.165, 1.54) is 67.0 Å². The summed E-state index contributed by atoms with van der Waals surface area (Å²) in [4.78, 5) is 2.34. The van der Waals surface area contributed by atoms with Crippen LogP contribution in [0.1, 0.15) is 61.1 Å². The van der Waals surface area contributed by atoms with E-state index in [4.69, 9.17) is 0 Å². The molecule has 34 heavy (non-hydrogen) atoms. The van der Waals surface area contributed by atoms with Gasteiger partial charge in [0, 0.05) is 29.3 Å². The Morgan fingerprint density at radius 3 is 1.18 bits per heavy atom. The average molecular weight is 444 g/mol. The lowest BCUT2D eigenvalue weighted by Crippen LogP contribution is -2.18. The summed E-state index contributed by atoms with van der Waals surface area (Å²) in [6, 6.07) is 27.8. The monoisotopic (exact) mass is 443 g/mol. The van der Waals surface area contributed by atoms with Gasteiger partial charge in [0.15, 0.2) is 0 Å². The molecule has 0 heterocycles. The van der Waals surface area contributed by atoms with E-state index in [0.29, 0.717) is 0 Å². The Balaban J connectivity index is 1.42. The maximum Gasteiger partial charge on any atom is 0.0411 e. The first kappa shape index (κ1) is 21.2. The lowest BCUT2D eigenvalue weighted by molar-refractivity contribution is 0.659. The second-order valence-electron chi connectivity index (χ2n) is 11.4. The average Bonchev–Trinajstić information content (AvgIpc) is 3.17. The number of benzene rings is 4. The van der Waals surface area contributed by atoms with Gasteiger partial charge in [0.05, 0.1) is 0 Å². The highest BCUT2D eigenvalue weighted by Crippen LogP contribution is 2.52. The minimum Gasteiger partial charge on any atom is -0.345 e. The Labute approximate surface area is 204 Å². The fraction of sp³-hybridized carbons (Fsp3) is 0.273. The van der Waals surface area contributed by atoms with Crippen molar-refractivity contribution in [2.24, 2.45) is 0 Å². The van der Waals surface area contributed by atoms with Crippen LogP contribution in [0.15, 0.2) is 72.8 Å². The van der Waals surface area contributed by atoms with Crippen LogP contribution in [-0.2, 0) is 10.8 Å². The van der Waals surface area contributed by atoms with Crippen LogP contribution in [0.25, 0.3) is 22.3 Å². The molecular weight excluding hydrogens is 410 g/mol. The van der Waals surface area contributed by atoms with Crippen molar-refractivity contribution in [2.75, 3.05) is 11.9 Å². The van der Waals surface area contributed by atoms with Crippen LogP contribution < -0.4 is 4.90 Å². The highest BCUT2D eigenvalue weighted by Gasteiger charge is 2.37. The second-order valence-corrected chi connectivity index (χ2v) is 11.4. The Hall–Kier alpha value is -3.32. The van der Waals surface area contributed by atoms with Gasteiger partial charge < -0.3 is 4.90 Å². The summed E-state index contributed by atoms with van der Waals surface area (Å²) in [5.41, 5.74) is 16.4. The maximum absolute atomic E-state index is 2.40. The summed E-state index contributed by atoms with van der Waals surface area (Å²) in [7, 11) is 2.20. The molecule has 0 unspecified atom stereocenters. The highest BCUT2D eigenvalue weighted by molar-refractivity contribution is 5.85. The van der Waals surface area contributed by atoms with Gasteiger partial charge in [-0.2, -0.15) is 0 Å².